The first kappa shape index (κ1) is 17.3. The molecule has 0 aromatic carbocycles. The van der Waals surface area contributed by atoms with E-state index in [-0.39, 0.29) is 6.04 Å². The number of nitrogens with one attached hydrogen (secondary N) is 1. The van der Waals surface area contributed by atoms with Gasteiger partial charge < -0.3 is 14.2 Å². The molecule has 0 aliphatic heterocycles. The Morgan fingerprint density at radius 3 is 2.28 bits per heavy atom. The predicted octanol–water partition coefficient (Wildman–Crippen LogP) is 1.34. The second-order valence-corrected chi connectivity index (χ2v) is 4.36. The third-order valence-corrected chi connectivity index (χ3v) is 2.25. The van der Waals surface area contributed by atoms with Crippen LogP contribution in [0, 0.1) is 11.3 Å². The SMILES string of the molecule is COCCCOCCOCCC(C#N)NC(C)C. The van der Waals surface area contributed by atoms with Crippen molar-refractivity contribution in [3.63, 3.8) is 0 Å². The third kappa shape index (κ3) is 11.8. The first-order chi connectivity index (χ1) is 8.70. The van der Waals surface area contributed by atoms with Crippen LogP contribution in [0.4, 0.5) is 0 Å². The van der Waals surface area contributed by atoms with E-state index in [4.69, 9.17) is 19.5 Å². The standard InChI is InChI=1S/C13H26N2O3/c1-12(2)15-13(11-14)5-8-18-10-9-17-7-4-6-16-3/h12-13,15H,4-10H2,1-3H3. The fourth-order valence-electron chi connectivity index (χ4n) is 1.42. The normalized spacial score (nSPS) is 12.6. The van der Waals surface area contributed by atoms with E-state index in [9.17, 15) is 0 Å². The van der Waals surface area contributed by atoms with Crippen LogP contribution in [-0.2, 0) is 14.2 Å². The van der Waals surface area contributed by atoms with Crippen molar-refractivity contribution in [3.05, 3.63) is 0 Å². The third-order valence-electron chi connectivity index (χ3n) is 2.25. The van der Waals surface area contributed by atoms with Gasteiger partial charge in [-0.2, -0.15) is 5.26 Å². The average Bonchev–Trinajstić information content (AvgIpc) is 2.35. The summed E-state index contributed by atoms with van der Waals surface area (Å²) in [5.41, 5.74) is 0. The van der Waals surface area contributed by atoms with Crippen LogP contribution in [0.2, 0.25) is 0 Å². The van der Waals surface area contributed by atoms with Crippen molar-refractivity contribution in [2.45, 2.75) is 38.8 Å². The lowest BCUT2D eigenvalue weighted by molar-refractivity contribution is 0.0380. The molecule has 0 amide bonds. The molecule has 0 aliphatic carbocycles. The number of hydrogen-bond acceptors (Lipinski definition) is 5. The van der Waals surface area contributed by atoms with Gasteiger partial charge >= 0.3 is 0 Å². The van der Waals surface area contributed by atoms with E-state index in [0.717, 1.165) is 13.0 Å². The summed E-state index contributed by atoms with van der Waals surface area (Å²) in [6.07, 6.45) is 1.61. The molecule has 0 rings (SSSR count). The van der Waals surface area contributed by atoms with Gasteiger partial charge in [0.1, 0.15) is 0 Å². The van der Waals surface area contributed by atoms with Crippen LogP contribution in [-0.4, -0.2) is 52.2 Å². The lowest BCUT2D eigenvalue weighted by atomic mass is 10.2. The van der Waals surface area contributed by atoms with Crippen molar-refractivity contribution in [2.75, 3.05) is 40.1 Å². The first-order valence-electron chi connectivity index (χ1n) is 6.50. The van der Waals surface area contributed by atoms with E-state index in [2.05, 4.69) is 11.4 Å². The van der Waals surface area contributed by atoms with Gasteiger partial charge in [0, 0.05) is 33.0 Å². The highest BCUT2D eigenvalue weighted by molar-refractivity contribution is 4.90. The summed E-state index contributed by atoms with van der Waals surface area (Å²) in [6.45, 7) is 7.24. The largest absolute Gasteiger partial charge is 0.385 e. The Hall–Kier alpha value is -0.670. The summed E-state index contributed by atoms with van der Waals surface area (Å²) >= 11 is 0. The maximum atomic E-state index is 8.89. The maximum Gasteiger partial charge on any atom is 0.0976 e. The summed E-state index contributed by atoms with van der Waals surface area (Å²) in [6, 6.07) is 2.41. The molecule has 0 heterocycles. The molecule has 0 spiro atoms. The molecule has 0 aromatic heterocycles. The summed E-state index contributed by atoms with van der Waals surface area (Å²) in [5, 5.41) is 12.1. The Labute approximate surface area is 110 Å². The van der Waals surface area contributed by atoms with Gasteiger partial charge in [0.05, 0.1) is 25.3 Å². The molecule has 1 unspecified atom stereocenters. The number of nitriles is 1. The van der Waals surface area contributed by atoms with Gasteiger partial charge in [-0.05, 0) is 26.7 Å². The van der Waals surface area contributed by atoms with Gasteiger partial charge in [0.2, 0.25) is 0 Å². The molecule has 1 atom stereocenters. The predicted molar refractivity (Wildman–Crippen MR) is 70.4 cm³/mol. The summed E-state index contributed by atoms with van der Waals surface area (Å²) < 4.78 is 15.7. The summed E-state index contributed by atoms with van der Waals surface area (Å²) in [5.74, 6) is 0. The second kappa shape index (κ2) is 12.8. The lowest BCUT2D eigenvalue weighted by Gasteiger charge is -2.14. The van der Waals surface area contributed by atoms with Gasteiger partial charge in [-0.15, -0.1) is 0 Å². The fourth-order valence-corrected chi connectivity index (χ4v) is 1.42. The molecule has 0 bridgehead atoms. The molecule has 5 nitrogen and oxygen atoms in total. The number of hydrogen-bond donors (Lipinski definition) is 1. The molecular formula is C13H26N2O3. The summed E-state index contributed by atoms with van der Waals surface area (Å²) in [4.78, 5) is 0. The molecule has 18 heavy (non-hydrogen) atoms. The number of nitrogens with zero attached hydrogens (tertiary/aromatic N) is 1. The van der Waals surface area contributed by atoms with Crippen molar-refractivity contribution < 1.29 is 14.2 Å². The van der Waals surface area contributed by atoms with Crippen LogP contribution in [0.15, 0.2) is 0 Å². The van der Waals surface area contributed by atoms with Crippen molar-refractivity contribution in [1.29, 1.82) is 5.26 Å². The van der Waals surface area contributed by atoms with Crippen LogP contribution in [0.1, 0.15) is 26.7 Å². The smallest absolute Gasteiger partial charge is 0.0976 e. The minimum absolute atomic E-state index is 0.132. The highest BCUT2D eigenvalue weighted by atomic mass is 16.5. The van der Waals surface area contributed by atoms with E-state index in [1.54, 1.807) is 7.11 Å². The van der Waals surface area contributed by atoms with E-state index in [1.165, 1.54) is 0 Å². The topological polar surface area (TPSA) is 63.5 Å². The zero-order valence-electron chi connectivity index (χ0n) is 11.8. The van der Waals surface area contributed by atoms with E-state index in [1.807, 2.05) is 13.8 Å². The van der Waals surface area contributed by atoms with Crippen LogP contribution >= 0.6 is 0 Å². The molecule has 0 fully saturated rings. The Morgan fingerprint density at radius 1 is 1.06 bits per heavy atom. The van der Waals surface area contributed by atoms with E-state index in [0.29, 0.717) is 38.9 Å². The highest BCUT2D eigenvalue weighted by Crippen LogP contribution is 1.94. The zero-order valence-corrected chi connectivity index (χ0v) is 11.8. The van der Waals surface area contributed by atoms with Crippen molar-refractivity contribution in [2.24, 2.45) is 0 Å². The zero-order chi connectivity index (χ0) is 13.6. The van der Waals surface area contributed by atoms with Crippen LogP contribution < -0.4 is 5.32 Å². The molecule has 5 heteroatoms. The molecule has 0 aliphatic rings. The monoisotopic (exact) mass is 258 g/mol. The van der Waals surface area contributed by atoms with E-state index >= 15 is 0 Å². The highest BCUT2D eigenvalue weighted by Gasteiger charge is 2.07. The van der Waals surface area contributed by atoms with Gasteiger partial charge in [-0.1, -0.05) is 0 Å². The second-order valence-electron chi connectivity index (χ2n) is 4.36. The number of ether oxygens (including phenoxy) is 3. The van der Waals surface area contributed by atoms with Crippen molar-refractivity contribution >= 4 is 0 Å². The van der Waals surface area contributed by atoms with Crippen molar-refractivity contribution in [1.82, 2.24) is 5.32 Å². The molecule has 1 N–H and O–H groups in total. The number of methoxy groups -OCH3 is 1. The molecule has 106 valence electrons. The van der Waals surface area contributed by atoms with E-state index < -0.39 is 0 Å². The Kier molecular flexibility index (Phi) is 12.3. The van der Waals surface area contributed by atoms with Gasteiger partial charge in [0.15, 0.2) is 0 Å². The maximum absolute atomic E-state index is 8.89. The molecule has 0 saturated heterocycles. The Bertz CT molecular complexity index is 217. The van der Waals surface area contributed by atoms with Crippen LogP contribution in [0.25, 0.3) is 0 Å². The Balaban J connectivity index is 3.26. The summed E-state index contributed by atoms with van der Waals surface area (Å²) in [7, 11) is 1.68. The molecule has 0 saturated carbocycles. The minimum Gasteiger partial charge on any atom is -0.385 e. The molecular weight excluding hydrogens is 232 g/mol. The number of rotatable bonds is 12. The quantitative estimate of drug-likeness (QED) is 0.535. The average molecular weight is 258 g/mol. The first-order valence-corrected chi connectivity index (χ1v) is 6.50. The minimum atomic E-state index is -0.132. The lowest BCUT2D eigenvalue weighted by Crippen LogP contribution is -2.34. The van der Waals surface area contributed by atoms with Crippen LogP contribution in [0.5, 0.6) is 0 Å². The molecule has 0 radical (unpaired) electrons. The van der Waals surface area contributed by atoms with Gasteiger partial charge in [-0.25, -0.2) is 0 Å². The molecule has 0 aromatic rings. The van der Waals surface area contributed by atoms with Gasteiger partial charge in [-0.3, -0.25) is 5.32 Å². The van der Waals surface area contributed by atoms with Crippen LogP contribution in [0.3, 0.4) is 0 Å². The van der Waals surface area contributed by atoms with Crippen molar-refractivity contribution in [3.8, 4) is 6.07 Å². The Morgan fingerprint density at radius 2 is 1.72 bits per heavy atom. The fraction of sp³-hybridized carbons (Fsp3) is 0.923. The van der Waals surface area contributed by atoms with Gasteiger partial charge in [0.25, 0.3) is 0 Å².